The number of aromatic nitrogens is 2. The molecule has 0 unspecified atom stereocenters. The quantitative estimate of drug-likeness (QED) is 0.106. The van der Waals surface area contributed by atoms with E-state index in [0.717, 1.165) is 12.1 Å². The molecular weight excluding hydrogens is 793 g/mol. The second-order valence-electron chi connectivity index (χ2n) is 12.7. The van der Waals surface area contributed by atoms with Crippen molar-refractivity contribution in [3.05, 3.63) is 81.5 Å². The Bertz CT molecular complexity index is 2250. The van der Waals surface area contributed by atoms with Gasteiger partial charge < -0.3 is 30.0 Å². The second-order valence-corrected chi connectivity index (χ2v) is 14.9. The summed E-state index contributed by atoms with van der Waals surface area (Å²) >= 11 is 13.5. The van der Waals surface area contributed by atoms with Crippen LogP contribution in [-0.2, 0) is 25.1 Å². The predicted molar refractivity (Wildman–Crippen MR) is 196 cm³/mol. The third kappa shape index (κ3) is 12.3. The maximum atomic E-state index is 13.0. The number of carbonyl (C=O) groups is 3. The second kappa shape index (κ2) is 20.2. The minimum atomic E-state index is -4.80. The Morgan fingerprint density at radius 2 is 1.67 bits per heavy atom. The van der Waals surface area contributed by atoms with Crippen LogP contribution in [0.2, 0.25) is 10.0 Å². The van der Waals surface area contributed by atoms with Gasteiger partial charge in [-0.25, -0.2) is 13.1 Å². The first-order valence-electron chi connectivity index (χ1n) is 16.0. The summed E-state index contributed by atoms with van der Waals surface area (Å²) in [4.78, 5) is 37.4. The molecule has 0 aliphatic carbocycles. The third-order valence-electron chi connectivity index (χ3n) is 7.65. The number of aliphatic carboxylic acids is 1. The van der Waals surface area contributed by atoms with Crippen molar-refractivity contribution in [2.75, 3.05) is 28.6 Å². The zero-order chi connectivity index (χ0) is 39.2. The Labute approximate surface area is 372 Å². The molecule has 0 saturated heterocycles. The van der Waals surface area contributed by atoms with Crippen LogP contribution in [0.5, 0.6) is 0 Å². The zero-order valence-electron chi connectivity index (χ0n) is 31.2. The van der Waals surface area contributed by atoms with Crippen LogP contribution < -0.4 is 79.8 Å². The Kier molecular flexibility index (Phi) is 17.6. The Balaban J connectivity index is 0.00000523. The number of benzene rings is 3. The Morgan fingerprint density at radius 1 is 1.02 bits per heavy atom. The number of azo groups is 1. The van der Waals surface area contributed by atoms with Gasteiger partial charge in [0.1, 0.15) is 33.1 Å². The van der Waals surface area contributed by atoms with Crippen LogP contribution in [0.3, 0.4) is 0 Å². The number of nitriles is 1. The number of nitrogens with one attached hydrogen (secondary N) is 2. The molecule has 0 aliphatic heterocycles. The van der Waals surface area contributed by atoms with Gasteiger partial charge in [-0.2, -0.15) is 10.4 Å². The van der Waals surface area contributed by atoms with E-state index in [1.807, 2.05) is 32.6 Å². The average molecular weight is 828 g/mol. The van der Waals surface area contributed by atoms with E-state index < -0.39 is 32.3 Å². The number of amides is 2. The van der Waals surface area contributed by atoms with Gasteiger partial charge in [-0.3, -0.25) is 9.59 Å². The van der Waals surface area contributed by atoms with Crippen LogP contribution in [0.15, 0.2) is 69.7 Å². The summed E-state index contributed by atoms with van der Waals surface area (Å²) in [5, 5.41) is 40.0. The molecule has 0 atom stereocenters. The molecule has 1 heterocycles. The molecule has 2 amide bonds. The molecule has 15 nitrogen and oxygen atoms in total. The van der Waals surface area contributed by atoms with Gasteiger partial charge in [-0.1, -0.05) is 50.0 Å². The van der Waals surface area contributed by atoms with Crippen LogP contribution in [-0.4, -0.2) is 53.6 Å². The summed E-state index contributed by atoms with van der Waals surface area (Å²) in [6.07, 6.45) is 0.246. The third-order valence-corrected chi connectivity index (χ3v) is 9.06. The van der Waals surface area contributed by atoms with Crippen molar-refractivity contribution in [1.29, 1.82) is 5.26 Å². The number of carboxylic acids is 1. The number of carbonyl (C=O) groups excluding carboxylic acids is 3. The molecule has 1 aromatic heterocycles. The fraction of sp³-hybridized carbons (Fsp3) is 0.286. The fourth-order valence-electron chi connectivity index (χ4n) is 5.20. The first kappa shape index (κ1) is 47.8. The van der Waals surface area contributed by atoms with E-state index in [0.29, 0.717) is 36.6 Å². The van der Waals surface area contributed by atoms with Crippen molar-refractivity contribution in [3.63, 3.8) is 0 Å². The van der Waals surface area contributed by atoms with Gasteiger partial charge in [0.15, 0.2) is 5.82 Å². The summed E-state index contributed by atoms with van der Waals surface area (Å²) in [6, 6.07) is 14.5. The molecule has 278 valence electrons. The van der Waals surface area contributed by atoms with Gasteiger partial charge in [-0.05, 0) is 68.3 Å². The van der Waals surface area contributed by atoms with Crippen LogP contribution in [0.25, 0.3) is 5.69 Å². The van der Waals surface area contributed by atoms with Gasteiger partial charge in [0, 0.05) is 48.3 Å². The van der Waals surface area contributed by atoms with Gasteiger partial charge in [0.05, 0.1) is 26.3 Å². The molecule has 0 saturated carbocycles. The normalized spacial score (nSPS) is 11.3. The summed E-state index contributed by atoms with van der Waals surface area (Å²) in [6.45, 7) is 9.74. The van der Waals surface area contributed by atoms with Crippen molar-refractivity contribution < 1.29 is 91.6 Å². The molecule has 2 N–H and O–H groups in total. The minimum absolute atomic E-state index is 0. The fourth-order valence-corrected chi connectivity index (χ4v) is 6.37. The number of hydrogen-bond donors (Lipinski definition) is 2. The standard InChI is InChI=1S/C35H36Cl2N8O7S.2Na/c1-6-44(14-8-11-30(47)48)23-12-13-28(29(18-23)39-20(2)46)41-42-33-25(19-38)32(35(3,4)5)43-45(33)31-26(36)16-22(17-27(31)37)40-34(49)21-9-7-10-24(15-21)53(50,51)52;;/h7,9-10,12-13,15-18H,6,8,11,14H2,1-5H3,(H,39,46)(H,40,49)(H,47,48)(H,50,51,52);;/q;2*+1/p-2. The number of halogens is 2. The molecule has 55 heavy (non-hydrogen) atoms. The molecule has 4 rings (SSSR count). The first-order chi connectivity index (χ1) is 24.8. The molecule has 20 heteroatoms. The average Bonchev–Trinajstić information content (AvgIpc) is 3.43. The summed E-state index contributed by atoms with van der Waals surface area (Å²) in [5.74, 6) is -2.31. The topological polar surface area (TPSA) is 225 Å². The molecule has 3 aromatic carbocycles. The van der Waals surface area contributed by atoms with Crippen molar-refractivity contribution in [1.82, 2.24) is 9.78 Å². The maximum Gasteiger partial charge on any atom is 1.00 e. The number of hydrogen-bond acceptors (Lipinski definition) is 12. The van der Waals surface area contributed by atoms with Crippen molar-refractivity contribution in [2.45, 2.75) is 57.8 Å². The molecule has 4 aromatic rings. The molecule has 0 fully saturated rings. The first-order valence-corrected chi connectivity index (χ1v) is 18.2. The van der Waals surface area contributed by atoms with Crippen LogP contribution in [0, 0.1) is 11.3 Å². The van der Waals surface area contributed by atoms with E-state index in [-0.39, 0.29) is 115 Å². The minimum Gasteiger partial charge on any atom is -0.744 e. The Hall–Kier alpha value is -3.34. The van der Waals surface area contributed by atoms with Crippen LogP contribution >= 0.6 is 23.2 Å². The maximum absolute atomic E-state index is 13.0. The Morgan fingerprint density at radius 3 is 2.22 bits per heavy atom. The van der Waals surface area contributed by atoms with Crippen molar-refractivity contribution >= 4 is 79.7 Å². The molecule has 0 aliphatic rings. The number of rotatable bonds is 13. The van der Waals surface area contributed by atoms with Gasteiger partial charge in [0.2, 0.25) is 5.91 Å². The summed E-state index contributed by atoms with van der Waals surface area (Å²) in [5.41, 5.74) is 1.09. The van der Waals surface area contributed by atoms with E-state index in [2.05, 4.69) is 32.0 Å². The smallest absolute Gasteiger partial charge is 0.744 e. The van der Waals surface area contributed by atoms with E-state index in [1.165, 1.54) is 35.9 Å². The molecule has 0 radical (unpaired) electrons. The van der Waals surface area contributed by atoms with Crippen LogP contribution in [0.4, 0.5) is 28.6 Å². The summed E-state index contributed by atoms with van der Waals surface area (Å²) < 4.78 is 35.6. The van der Waals surface area contributed by atoms with Gasteiger partial charge in [0.25, 0.3) is 5.91 Å². The van der Waals surface area contributed by atoms with E-state index in [4.69, 9.17) is 23.2 Å². The van der Waals surface area contributed by atoms with E-state index in [1.54, 1.807) is 18.2 Å². The monoisotopic (exact) mass is 826 g/mol. The van der Waals surface area contributed by atoms with Gasteiger partial charge in [-0.15, -0.1) is 10.2 Å². The van der Waals surface area contributed by atoms with Crippen LogP contribution in [0.1, 0.15) is 69.1 Å². The van der Waals surface area contributed by atoms with E-state index in [9.17, 15) is 37.7 Å². The van der Waals surface area contributed by atoms with E-state index >= 15 is 0 Å². The van der Waals surface area contributed by atoms with Crippen molar-refractivity contribution in [2.24, 2.45) is 10.2 Å². The molecular formula is C35H34Cl2N8Na2O7S. The molecule has 0 spiro atoms. The molecule has 0 bridgehead atoms. The SMILES string of the molecule is CCN(CCCC(=O)[O-])c1ccc(N=Nc2c(C#N)c(C(C)(C)C)nn2-c2c(Cl)cc(NC(=O)c3cccc(S(=O)(=O)[O-])c3)cc2Cl)c(NC(C)=O)c1.[Na+].[Na+]. The number of nitrogens with zero attached hydrogens (tertiary/aromatic N) is 6. The number of carboxylic acid groups (broad SMARTS) is 1. The van der Waals surface area contributed by atoms with Crippen molar-refractivity contribution in [3.8, 4) is 11.8 Å². The summed E-state index contributed by atoms with van der Waals surface area (Å²) in [7, 11) is -4.80. The number of anilines is 3. The predicted octanol–water partition coefficient (Wildman–Crippen LogP) is 0.243. The zero-order valence-corrected chi connectivity index (χ0v) is 37.6. The largest absolute Gasteiger partial charge is 1.00 e. The van der Waals surface area contributed by atoms with Gasteiger partial charge >= 0.3 is 59.1 Å².